The molecule has 1 aromatic heterocycles. The van der Waals surface area contributed by atoms with E-state index < -0.39 is 0 Å². The van der Waals surface area contributed by atoms with Gasteiger partial charge in [0, 0.05) is 25.3 Å². The van der Waals surface area contributed by atoms with Crippen LogP contribution < -0.4 is 9.75 Å². The van der Waals surface area contributed by atoms with Crippen LogP contribution in [0, 0.1) is 33.6 Å². The normalized spacial score (nSPS) is 12.5. The van der Waals surface area contributed by atoms with Crippen molar-refractivity contribution in [3.8, 4) is 22.3 Å². The van der Waals surface area contributed by atoms with Crippen molar-refractivity contribution in [1.82, 2.24) is 0 Å². The Kier molecular flexibility index (Phi) is 20.2. The third kappa shape index (κ3) is 13.4. The SMILES string of the molecule is C/C=C\C(=C/CC)C(C)C.C=C/C(CC)=c1\c(=C)sc2ccccc12.C=Cc1c(C)cc2c(c1C=C)-c1ccc(C)cc1C2(C)C.Cc1cccc(-c2ccccc2)c1.Cc1ccccc1. The fraction of sp³-hybridized carbons (Fsp3) is 0.231. The lowest BCUT2D eigenvalue weighted by atomic mass is 9.80. The summed E-state index contributed by atoms with van der Waals surface area (Å²) in [6.07, 6.45) is 14.6. The smallest absolute Gasteiger partial charge is 0.0355 e. The molecule has 0 N–H and O–H groups in total. The van der Waals surface area contributed by atoms with E-state index in [4.69, 9.17) is 0 Å². The van der Waals surface area contributed by atoms with E-state index >= 15 is 0 Å². The Hall–Kier alpha value is -6.28. The van der Waals surface area contributed by atoms with Crippen LogP contribution >= 0.6 is 11.3 Å². The van der Waals surface area contributed by atoms with Gasteiger partial charge in [-0.05, 0) is 121 Å². The molecule has 0 fully saturated rings. The molecule has 0 amide bonds. The second-order valence-electron chi connectivity index (χ2n) is 17.7. The minimum absolute atomic E-state index is 0.0406. The Morgan fingerprint density at radius 2 is 1.24 bits per heavy atom. The zero-order valence-corrected chi connectivity index (χ0v) is 42.7. The molecule has 1 heterocycles. The van der Waals surface area contributed by atoms with Crippen LogP contribution in [-0.4, -0.2) is 0 Å². The van der Waals surface area contributed by atoms with Gasteiger partial charge in [-0.1, -0.05) is 248 Å². The van der Waals surface area contributed by atoms with Crippen LogP contribution in [0.15, 0.2) is 183 Å². The summed E-state index contributed by atoms with van der Waals surface area (Å²) < 4.78 is 2.46. The van der Waals surface area contributed by atoms with Crippen LogP contribution in [0.3, 0.4) is 0 Å². The molecule has 0 unspecified atom stereocenters. The van der Waals surface area contributed by atoms with Crippen molar-refractivity contribution in [3.05, 3.63) is 237 Å². The van der Waals surface area contributed by atoms with Crippen molar-refractivity contribution < 1.29 is 0 Å². The molecule has 1 aliphatic rings. The third-order valence-corrected chi connectivity index (χ3v) is 13.0. The summed E-state index contributed by atoms with van der Waals surface area (Å²) in [5, 5.41) is 2.59. The molecular formula is C65H74S. The zero-order valence-electron chi connectivity index (χ0n) is 41.9. The highest BCUT2D eigenvalue weighted by molar-refractivity contribution is 7.17. The molecule has 8 rings (SSSR count). The minimum Gasteiger partial charge on any atom is -0.136 e. The average Bonchev–Trinajstić information content (AvgIpc) is 3.76. The van der Waals surface area contributed by atoms with E-state index in [1.165, 1.54) is 93.2 Å². The Labute approximate surface area is 403 Å². The predicted molar refractivity (Wildman–Crippen MR) is 300 cm³/mol. The molecule has 0 saturated carbocycles. The van der Waals surface area contributed by atoms with Gasteiger partial charge in [0.15, 0.2) is 0 Å². The lowest BCUT2D eigenvalue weighted by molar-refractivity contribution is 0.659. The third-order valence-electron chi connectivity index (χ3n) is 12.0. The van der Waals surface area contributed by atoms with Crippen molar-refractivity contribution in [2.45, 2.75) is 94.4 Å². The maximum atomic E-state index is 4.12. The predicted octanol–water partition coefficient (Wildman–Crippen LogP) is 18.2. The Bertz CT molecular complexity index is 2870. The molecule has 0 atom stereocenters. The topological polar surface area (TPSA) is 0 Å². The van der Waals surface area contributed by atoms with E-state index in [0.29, 0.717) is 5.92 Å². The molecule has 0 aliphatic heterocycles. The summed E-state index contributed by atoms with van der Waals surface area (Å²) in [4.78, 5) is 0. The van der Waals surface area contributed by atoms with Crippen molar-refractivity contribution in [3.63, 3.8) is 0 Å². The molecule has 0 radical (unpaired) electrons. The minimum atomic E-state index is 0.0406. The highest BCUT2D eigenvalue weighted by atomic mass is 32.1. The standard InChI is InChI=1S/C21H22.C14H14S.C13H12.C10H18.C7H8/c1-7-15-14(4)12-19-20(16(15)8-2)17-10-9-13(3)11-18(17)21(19,5)6;1-4-11(5-2)14-10(3)15-13-9-7-6-8-12(13)14;1-11-6-5-9-13(10-11)12-7-3-2-4-8-12;1-5-7-10(8-6-2)9(3)4;1-7-5-3-2-4-6-7/h7-12H,1-2H2,3-6H3;4,6-9H,1,3,5H2,2H3;2-10H,1H3;5,7-9H,6H2,1-4H3;2-6H,1H3/b;14-11-;;7-5-,10-8+;. The van der Waals surface area contributed by atoms with E-state index in [2.05, 4.69) is 230 Å². The molecule has 1 aliphatic carbocycles. The molecule has 66 heavy (non-hydrogen) atoms. The summed E-state index contributed by atoms with van der Waals surface area (Å²) >= 11 is 1.76. The quantitative estimate of drug-likeness (QED) is 0.133. The number of hydrogen-bond acceptors (Lipinski definition) is 1. The monoisotopic (exact) mass is 887 g/mol. The van der Waals surface area contributed by atoms with Gasteiger partial charge in [-0.25, -0.2) is 0 Å². The number of thiophene rings is 1. The zero-order chi connectivity index (χ0) is 48.4. The summed E-state index contributed by atoms with van der Waals surface area (Å²) in [6.45, 7) is 40.0. The lowest BCUT2D eigenvalue weighted by Gasteiger charge is -2.23. The van der Waals surface area contributed by atoms with Crippen LogP contribution in [0.1, 0.15) is 106 Å². The first kappa shape index (κ1) is 52.3. The molecule has 1 heteroatoms. The maximum Gasteiger partial charge on any atom is 0.0355 e. The fourth-order valence-corrected chi connectivity index (χ4v) is 9.48. The van der Waals surface area contributed by atoms with E-state index in [9.17, 15) is 0 Å². The molecule has 0 saturated heterocycles. The average molecular weight is 887 g/mol. The van der Waals surface area contributed by atoms with Crippen LogP contribution in [-0.2, 0) is 5.41 Å². The van der Waals surface area contributed by atoms with Gasteiger partial charge in [0.1, 0.15) is 0 Å². The Morgan fingerprint density at radius 1 is 0.652 bits per heavy atom. The van der Waals surface area contributed by atoms with E-state index in [1.807, 2.05) is 42.5 Å². The molecule has 0 bridgehead atoms. The van der Waals surface area contributed by atoms with Crippen LogP contribution in [0.4, 0.5) is 0 Å². The molecular weight excluding hydrogens is 813 g/mol. The van der Waals surface area contributed by atoms with Gasteiger partial charge in [-0.2, -0.15) is 0 Å². The molecule has 340 valence electrons. The lowest BCUT2D eigenvalue weighted by Crippen LogP contribution is -2.19. The second-order valence-corrected chi connectivity index (χ2v) is 18.8. The summed E-state index contributed by atoms with van der Waals surface area (Å²) in [5.74, 6) is 0.663. The second kappa shape index (κ2) is 25.4. The van der Waals surface area contributed by atoms with Crippen molar-refractivity contribution in [1.29, 1.82) is 0 Å². The van der Waals surface area contributed by atoms with Crippen LogP contribution in [0.2, 0.25) is 0 Å². The van der Waals surface area contributed by atoms with Gasteiger partial charge in [-0.15, -0.1) is 11.3 Å². The van der Waals surface area contributed by atoms with Crippen molar-refractivity contribution >= 4 is 45.7 Å². The summed E-state index contributed by atoms with van der Waals surface area (Å²) in [5.41, 5.74) is 18.5. The highest BCUT2D eigenvalue weighted by Gasteiger charge is 2.37. The van der Waals surface area contributed by atoms with Crippen molar-refractivity contribution in [2.75, 3.05) is 0 Å². The number of allylic oxidation sites excluding steroid dienone is 5. The van der Waals surface area contributed by atoms with Crippen molar-refractivity contribution in [2.24, 2.45) is 5.92 Å². The van der Waals surface area contributed by atoms with Gasteiger partial charge in [0.25, 0.3) is 0 Å². The number of aryl methyl sites for hydroxylation is 4. The fourth-order valence-electron chi connectivity index (χ4n) is 8.45. The van der Waals surface area contributed by atoms with E-state index in [1.54, 1.807) is 11.3 Å². The summed E-state index contributed by atoms with van der Waals surface area (Å²) in [7, 11) is 0. The first-order valence-electron chi connectivity index (χ1n) is 23.5. The van der Waals surface area contributed by atoms with E-state index in [0.717, 1.165) is 17.4 Å². The number of hydrogen-bond donors (Lipinski definition) is 0. The van der Waals surface area contributed by atoms with Gasteiger partial charge < -0.3 is 0 Å². The largest absolute Gasteiger partial charge is 0.136 e. The van der Waals surface area contributed by atoms with E-state index in [-0.39, 0.29) is 5.41 Å². The van der Waals surface area contributed by atoms with Crippen LogP contribution in [0.25, 0.3) is 56.6 Å². The first-order valence-corrected chi connectivity index (χ1v) is 24.3. The van der Waals surface area contributed by atoms with Gasteiger partial charge in [-0.3, -0.25) is 0 Å². The van der Waals surface area contributed by atoms with Gasteiger partial charge >= 0.3 is 0 Å². The van der Waals surface area contributed by atoms with Gasteiger partial charge in [0.2, 0.25) is 0 Å². The van der Waals surface area contributed by atoms with Gasteiger partial charge in [0.05, 0.1) is 0 Å². The molecule has 0 nitrogen and oxygen atoms in total. The molecule has 6 aromatic carbocycles. The molecule has 0 spiro atoms. The summed E-state index contributed by atoms with van der Waals surface area (Å²) in [6, 6.07) is 46.8. The number of rotatable bonds is 8. The first-order chi connectivity index (χ1) is 31.7. The van der Waals surface area contributed by atoms with Crippen LogP contribution in [0.5, 0.6) is 0 Å². The number of benzene rings is 6. The Balaban J connectivity index is 0.000000189. The highest BCUT2D eigenvalue weighted by Crippen LogP contribution is 2.51. The molecule has 7 aromatic rings. The number of fused-ring (bicyclic) bond motifs is 4. The Morgan fingerprint density at radius 3 is 1.79 bits per heavy atom. The maximum absolute atomic E-state index is 4.12.